The SMILES string of the molecule is CO[C@@H]1[C@@H](OC(N)=O)[C@@H](O)C(O)OC1(C)C. The third-order valence-corrected chi connectivity index (χ3v) is 2.54. The second-order valence-corrected chi connectivity index (χ2v) is 4.16. The third kappa shape index (κ3) is 2.43. The van der Waals surface area contributed by atoms with E-state index in [2.05, 4.69) is 0 Å². The van der Waals surface area contributed by atoms with Crippen LogP contribution < -0.4 is 5.73 Å². The Morgan fingerprint density at radius 2 is 2.00 bits per heavy atom. The minimum absolute atomic E-state index is 0.724. The van der Waals surface area contributed by atoms with Crippen LogP contribution in [0.4, 0.5) is 4.79 Å². The summed E-state index contributed by atoms with van der Waals surface area (Å²) in [4.78, 5) is 10.7. The summed E-state index contributed by atoms with van der Waals surface area (Å²) in [5.41, 5.74) is 3.98. The highest BCUT2D eigenvalue weighted by molar-refractivity contribution is 5.65. The predicted octanol–water partition coefficient (Wildman–Crippen LogP) is -1.05. The molecule has 1 fully saturated rings. The van der Waals surface area contributed by atoms with Gasteiger partial charge in [0.15, 0.2) is 12.4 Å². The van der Waals surface area contributed by atoms with Gasteiger partial charge in [0.1, 0.15) is 12.2 Å². The predicted molar refractivity (Wildman–Crippen MR) is 52.4 cm³/mol. The molecule has 0 spiro atoms. The Labute approximate surface area is 93.1 Å². The summed E-state index contributed by atoms with van der Waals surface area (Å²) in [7, 11) is 1.39. The average Bonchev–Trinajstić information content (AvgIpc) is 2.12. The van der Waals surface area contributed by atoms with Crippen molar-refractivity contribution in [3.05, 3.63) is 0 Å². The molecule has 1 aliphatic rings. The Bertz CT molecular complexity index is 269. The van der Waals surface area contributed by atoms with E-state index < -0.39 is 36.3 Å². The Kier molecular flexibility index (Phi) is 3.74. The summed E-state index contributed by atoms with van der Waals surface area (Å²) in [5.74, 6) is 0. The summed E-state index contributed by atoms with van der Waals surface area (Å²) in [6.45, 7) is 3.29. The zero-order valence-electron chi connectivity index (χ0n) is 9.41. The van der Waals surface area contributed by atoms with Gasteiger partial charge in [-0.15, -0.1) is 0 Å². The number of aliphatic hydroxyl groups excluding tert-OH is 2. The van der Waals surface area contributed by atoms with Crippen molar-refractivity contribution in [3.8, 4) is 0 Å². The lowest BCUT2D eigenvalue weighted by molar-refractivity contribution is -0.312. The molecular weight excluding hydrogens is 218 g/mol. The highest BCUT2D eigenvalue weighted by Gasteiger charge is 2.51. The van der Waals surface area contributed by atoms with Gasteiger partial charge in [0.05, 0.1) is 5.60 Å². The molecule has 7 heteroatoms. The minimum atomic E-state index is -1.45. The van der Waals surface area contributed by atoms with Crippen LogP contribution in [0.15, 0.2) is 0 Å². The molecule has 0 aromatic carbocycles. The van der Waals surface area contributed by atoms with Gasteiger partial charge in [0.2, 0.25) is 0 Å². The second-order valence-electron chi connectivity index (χ2n) is 4.16. The fraction of sp³-hybridized carbons (Fsp3) is 0.889. The first-order chi connectivity index (χ1) is 7.29. The first kappa shape index (κ1) is 13.2. The molecule has 1 amide bonds. The van der Waals surface area contributed by atoms with Gasteiger partial charge < -0.3 is 30.2 Å². The average molecular weight is 235 g/mol. The van der Waals surface area contributed by atoms with Crippen LogP contribution in [-0.2, 0) is 14.2 Å². The zero-order chi connectivity index (χ0) is 12.5. The quantitative estimate of drug-likeness (QED) is 0.563. The van der Waals surface area contributed by atoms with Gasteiger partial charge in [-0.1, -0.05) is 0 Å². The van der Waals surface area contributed by atoms with Crippen LogP contribution in [0, 0.1) is 0 Å². The maximum Gasteiger partial charge on any atom is 0.404 e. The highest BCUT2D eigenvalue weighted by Crippen LogP contribution is 2.31. The van der Waals surface area contributed by atoms with Crippen LogP contribution in [0.25, 0.3) is 0 Å². The number of methoxy groups -OCH3 is 1. The van der Waals surface area contributed by atoms with Crippen LogP contribution >= 0.6 is 0 Å². The Balaban J connectivity index is 2.92. The fourth-order valence-electron chi connectivity index (χ4n) is 1.87. The van der Waals surface area contributed by atoms with Crippen molar-refractivity contribution in [1.29, 1.82) is 0 Å². The third-order valence-electron chi connectivity index (χ3n) is 2.54. The lowest BCUT2D eigenvalue weighted by Gasteiger charge is -2.46. The number of amides is 1. The number of hydrogen-bond acceptors (Lipinski definition) is 6. The van der Waals surface area contributed by atoms with Gasteiger partial charge in [0.25, 0.3) is 0 Å². The first-order valence-electron chi connectivity index (χ1n) is 4.82. The number of nitrogens with two attached hydrogens (primary N) is 1. The van der Waals surface area contributed by atoms with Crippen molar-refractivity contribution in [2.75, 3.05) is 7.11 Å². The van der Waals surface area contributed by atoms with E-state index in [0.717, 1.165) is 0 Å². The Hall–Kier alpha value is -0.890. The van der Waals surface area contributed by atoms with Crippen molar-refractivity contribution in [3.63, 3.8) is 0 Å². The molecule has 0 aromatic heterocycles. The molecule has 16 heavy (non-hydrogen) atoms. The zero-order valence-corrected chi connectivity index (χ0v) is 9.41. The van der Waals surface area contributed by atoms with E-state index >= 15 is 0 Å². The largest absolute Gasteiger partial charge is 0.441 e. The maximum atomic E-state index is 10.7. The summed E-state index contributed by atoms with van der Waals surface area (Å²) < 4.78 is 15.0. The van der Waals surface area contributed by atoms with Crippen molar-refractivity contribution in [1.82, 2.24) is 0 Å². The van der Waals surface area contributed by atoms with Crippen LogP contribution in [0.5, 0.6) is 0 Å². The summed E-state index contributed by atoms with van der Waals surface area (Å²) in [6, 6.07) is 0. The molecule has 4 N–H and O–H groups in total. The second kappa shape index (κ2) is 4.54. The van der Waals surface area contributed by atoms with E-state index in [-0.39, 0.29) is 0 Å². The van der Waals surface area contributed by atoms with Gasteiger partial charge in [-0.2, -0.15) is 0 Å². The van der Waals surface area contributed by atoms with Gasteiger partial charge in [-0.25, -0.2) is 4.79 Å². The van der Waals surface area contributed by atoms with Crippen LogP contribution in [-0.4, -0.2) is 53.6 Å². The van der Waals surface area contributed by atoms with Crippen LogP contribution in [0.3, 0.4) is 0 Å². The molecule has 0 aromatic rings. The van der Waals surface area contributed by atoms with Gasteiger partial charge in [-0.05, 0) is 13.8 Å². The number of primary amides is 1. The van der Waals surface area contributed by atoms with Gasteiger partial charge >= 0.3 is 6.09 Å². The van der Waals surface area contributed by atoms with E-state index in [1.165, 1.54) is 7.11 Å². The standard InChI is InChI=1S/C9H17NO6/c1-9(2)6(14-3)5(15-8(10)13)4(11)7(12)16-9/h4-7,11-12H,1-3H3,(H2,10,13)/t4-,5+,6-,7?/m1/s1. The number of carbonyl (C=O) groups is 1. The van der Waals surface area contributed by atoms with E-state index in [9.17, 15) is 15.0 Å². The van der Waals surface area contributed by atoms with Crippen molar-refractivity contribution < 1.29 is 29.2 Å². The summed E-state index contributed by atoms with van der Waals surface area (Å²) in [6.07, 6.45) is -5.69. The molecule has 1 unspecified atom stereocenters. The smallest absolute Gasteiger partial charge is 0.404 e. The molecule has 0 bridgehead atoms. The van der Waals surface area contributed by atoms with Crippen molar-refractivity contribution >= 4 is 6.09 Å². The topological polar surface area (TPSA) is 111 Å². The molecule has 0 aliphatic carbocycles. The monoisotopic (exact) mass is 235 g/mol. The lowest BCUT2D eigenvalue weighted by atomic mass is 9.89. The fourth-order valence-corrected chi connectivity index (χ4v) is 1.87. The van der Waals surface area contributed by atoms with Crippen molar-refractivity contribution in [2.45, 2.75) is 44.1 Å². The normalized spacial score (nSPS) is 38.1. The molecule has 1 aliphatic heterocycles. The minimum Gasteiger partial charge on any atom is -0.441 e. The number of ether oxygens (including phenoxy) is 3. The number of carbonyl (C=O) groups excluding carboxylic acids is 1. The molecule has 0 saturated carbocycles. The van der Waals surface area contributed by atoms with Crippen LogP contribution in [0.2, 0.25) is 0 Å². The molecule has 1 saturated heterocycles. The van der Waals surface area contributed by atoms with E-state index in [1.807, 2.05) is 0 Å². The molecule has 0 radical (unpaired) electrons. The number of hydrogen-bond donors (Lipinski definition) is 3. The van der Waals surface area contributed by atoms with Crippen LogP contribution in [0.1, 0.15) is 13.8 Å². The summed E-state index contributed by atoms with van der Waals surface area (Å²) >= 11 is 0. The maximum absolute atomic E-state index is 10.7. The Morgan fingerprint density at radius 1 is 1.44 bits per heavy atom. The van der Waals surface area contributed by atoms with Crippen molar-refractivity contribution in [2.24, 2.45) is 5.73 Å². The molecule has 1 heterocycles. The van der Waals surface area contributed by atoms with Gasteiger partial charge in [0, 0.05) is 7.11 Å². The Morgan fingerprint density at radius 3 is 2.44 bits per heavy atom. The lowest BCUT2D eigenvalue weighted by Crippen LogP contribution is -2.63. The molecule has 94 valence electrons. The first-order valence-corrected chi connectivity index (χ1v) is 4.82. The molecule has 7 nitrogen and oxygen atoms in total. The summed E-state index contributed by atoms with van der Waals surface area (Å²) in [5, 5.41) is 19.1. The number of aliphatic hydroxyl groups is 2. The van der Waals surface area contributed by atoms with E-state index in [1.54, 1.807) is 13.8 Å². The van der Waals surface area contributed by atoms with E-state index in [4.69, 9.17) is 19.9 Å². The molecule has 1 rings (SSSR count). The highest BCUT2D eigenvalue weighted by atomic mass is 16.7. The van der Waals surface area contributed by atoms with E-state index in [0.29, 0.717) is 0 Å². The molecular formula is C9H17NO6. The number of rotatable bonds is 2. The molecule has 4 atom stereocenters. The van der Waals surface area contributed by atoms with Gasteiger partial charge in [-0.3, -0.25) is 0 Å².